The fourth-order valence-corrected chi connectivity index (χ4v) is 4.92. The highest BCUT2D eigenvalue weighted by Crippen LogP contribution is 2.44. The number of anilines is 1. The van der Waals surface area contributed by atoms with Crippen molar-refractivity contribution in [2.45, 2.75) is 44.1 Å². The number of carbonyl (C=O) groups is 3. The number of nitrogens with two attached hydrogens (primary N) is 1. The van der Waals surface area contributed by atoms with E-state index in [4.69, 9.17) is 5.73 Å². The summed E-state index contributed by atoms with van der Waals surface area (Å²) in [4.78, 5) is 41.3. The zero-order valence-electron chi connectivity index (χ0n) is 16.3. The van der Waals surface area contributed by atoms with Gasteiger partial charge < -0.3 is 20.9 Å². The van der Waals surface area contributed by atoms with Crippen LogP contribution in [-0.4, -0.2) is 59.7 Å². The molecule has 2 atom stereocenters. The molecule has 4 rings (SSSR count). The highest BCUT2D eigenvalue weighted by Gasteiger charge is 2.49. The molecule has 3 amide bonds. The number of benzene rings is 1. The molecule has 2 saturated heterocycles. The second kappa shape index (κ2) is 7.20. The summed E-state index contributed by atoms with van der Waals surface area (Å²) >= 11 is 0. The Bertz CT molecular complexity index is 801. The van der Waals surface area contributed by atoms with Crippen LogP contribution in [0.25, 0.3) is 0 Å². The van der Waals surface area contributed by atoms with Gasteiger partial charge in [0.1, 0.15) is 0 Å². The first-order chi connectivity index (χ1) is 13.4. The van der Waals surface area contributed by atoms with Gasteiger partial charge in [0.05, 0.1) is 11.3 Å². The topological polar surface area (TPSA) is 95.7 Å². The van der Waals surface area contributed by atoms with Crippen LogP contribution >= 0.6 is 0 Å². The highest BCUT2D eigenvalue weighted by molar-refractivity contribution is 6.06. The Morgan fingerprint density at radius 2 is 1.82 bits per heavy atom. The molecule has 0 radical (unpaired) electrons. The molecule has 0 unspecified atom stereocenters. The second-order valence-corrected chi connectivity index (χ2v) is 8.37. The monoisotopic (exact) mass is 384 g/mol. The van der Waals surface area contributed by atoms with E-state index in [-0.39, 0.29) is 29.7 Å². The summed E-state index contributed by atoms with van der Waals surface area (Å²) in [7, 11) is 0. The molecule has 1 spiro atoms. The Morgan fingerprint density at radius 3 is 2.54 bits per heavy atom. The Balaban J connectivity index is 1.46. The van der Waals surface area contributed by atoms with E-state index >= 15 is 0 Å². The lowest BCUT2D eigenvalue weighted by Gasteiger charge is -2.39. The molecular weight excluding hydrogens is 356 g/mol. The molecule has 0 aromatic heterocycles. The fraction of sp³-hybridized carbons (Fsp3) is 0.571. The third-order valence-corrected chi connectivity index (χ3v) is 6.63. The predicted molar refractivity (Wildman–Crippen MR) is 106 cm³/mol. The van der Waals surface area contributed by atoms with Crippen LogP contribution in [0, 0.1) is 5.92 Å². The van der Waals surface area contributed by atoms with E-state index < -0.39 is 5.41 Å². The second-order valence-electron chi connectivity index (χ2n) is 8.37. The first kappa shape index (κ1) is 18.9. The molecule has 0 bridgehead atoms. The van der Waals surface area contributed by atoms with Crippen molar-refractivity contribution in [2.24, 2.45) is 11.7 Å². The number of rotatable bonds is 1. The molecule has 3 aliphatic heterocycles. The third kappa shape index (κ3) is 3.17. The minimum atomic E-state index is -0.523. The van der Waals surface area contributed by atoms with Crippen LogP contribution in [0.4, 0.5) is 5.69 Å². The van der Waals surface area contributed by atoms with Gasteiger partial charge in [-0.3, -0.25) is 14.4 Å². The van der Waals surface area contributed by atoms with Gasteiger partial charge in [0, 0.05) is 44.8 Å². The maximum absolute atomic E-state index is 13.2. The van der Waals surface area contributed by atoms with E-state index in [1.165, 1.54) is 6.92 Å². The first-order valence-electron chi connectivity index (χ1n) is 10.1. The summed E-state index contributed by atoms with van der Waals surface area (Å²) in [5.41, 5.74) is 7.50. The van der Waals surface area contributed by atoms with Gasteiger partial charge in [-0.2, -0.15) is 0 Å². The van der Waals surface area contributed by atoms with E-state index in [2.05, 4.69) is 5.32 Å². The number of fused-ring (bicyclic) bond motifs is 2. The normalized spacial score (nSPS) is 26.6. The van der Waals surface area contributed by atoms with Crippen molar-refractivity contribution < 1.29 is 14.4 Å². The zero-order chi connectivity index (χ0) is 19.9. The minimum Gasteiger partial charge on any atom is -0.342 e. The highest BCUT2D eigenvalue weighted by atomic mass is 16.2. The lowest BCUT2D eigenvalue weighted by Crippen LogP contribution is -2.51. The Labute approximate surface area is 165 Å². The Hall–Kier alpha value is -2.41. The van der Waals surface area contributed by atoms with Gasteiger partial charge >= 0.3 is 0 Å². The van der Waals surface area contributed by atoms with Crippen molar-refractivity contribution in [1.82, 2.24) is 9.80 Å². The molecule has 1 aromatic rings. The number of piperidine rings is 1. The van der Waals surface area contributed by atoms with Gasteiger partial charge in [-0.15, -0.1) is 0 Å². The standard InChI is InChI=1S/C21H28N4O3/c1-14(26)25-12-15(6-7-16(22)13-25)19(27)24-10-8-21(9-11-24)17-4-2-3-5-18(17)23-20(21)28/h2-5,15-16H,6-13,22H2,1H3,(H,23,28)/t15-,16+/m1/s1. The smallest absolute Gasteiger partial charge is 0.235 e. The Kier molecular flexibility index (Phi) is 4.87. The van der Waals surface area contributed by atoms with Crippen LogP contribution in [0.1, 0.15) is 38.2 Å². The van der Waals surface area contributed by atoms with Gasteiger partial charge in [0.25, 0.3) is 0 Å². The number of para-hydroxylation sites is 1. The lowest BCUT2D eigenvalue weighted by molar-refractivity contribution is -0.140. The van der Waals surface area contributed by atoms with Gasteiger partial charge in [-0.05, 0) is 37.3 Å². The van der Waals surface area contributed by atoms with Crippen molar-refractivity contribution >= 4 is 23.4 Å². The molecule has 0 saturated carbocycles. The van der Waals surface area contributed by atoms with Gasteiger partial charge in [0.15, 0.2) is 0 Å². The lowest BCUT2D eigenvalue weighted by atomic mass is 9.73. The summed E-state index contributed by atoms with van der Waals surface area (Å²) in [5.74, 6) is -0.117. The van der Waals surface area contributed by atoms with Crippen LogP contribution in [0.2, 0.25) is 0 Å². The molecule has 28 heavy (non-hydrogen) atoms. The van der Waals surface area contributed by atoms with Crippen LogP contribution in [0.5, 0.6) is 0 Å². The van der Waals surface area contributed by atoms with E-state index in [0.29, 0.717) is 45.4 Å². The van der Waals surface area contributed by atoms with E-state index in [1.54, 1.807) is 4.90 Å². The van der Waals surface area contributed by atoms with Gasteiger partial charge in [-0.1, -0.05) is 18.2 Å². The summed E-state index contributed by atoms with van der Waals surface area (Å²) in [5, 5.41) is 3.00. The largest absolute Gasteiger partial charge is 0.342 e. The molecule has 3 heterocycles. The number of hydrogen-bond acceptors (Lipinski definition) is 4. The number of carbonyl (C=O) groups excluding carboxylic acids is 3. The van der Waals surface area contributed by atoms with Crippen LogP contribution in [0.15, 0.2) is 24.3 Å². The zero-order valence-corrected chi connectivity index (χ0v) is 16.3. The third-order valence-electron chi connectivity index (χ3n) is 6.63. The first-order valence-corrected chi connectivity index (χ1v) is 10.1. The van der Waals surface area contributed by atoms with Gasteiger partial charge in [0.2, 0.25) is 17.7 Å². The van der Waals surface area contributed by atoms with E-state index in [0.717, 1.165) is 17.7 Å². The van der Waals surface area contributed by atoms with Gasteiger partial charge in [-0.25, -0.2) is 0 Å². The van der Waals surface area contributed by atoms with Crippen molar-refractivity contribution in [3.63, 3.8) is 0 Å². The van der Waals surface area contributed by atoms with Crippen molar-refractivity contribution in [3.8, 4) is 0 Å². The molecule has 150 valence electrons. The predicted octanol–water partition coefficient (Wildman–Crippen LogP) is 1.08. The minimum absolute atomic E-state index is 0.0352. The molecule has 3 aliphatic rings. The summed E-state index contributed by atoms with van der Waals surface area (Å²) in [6.45, 7) is 3.60. The average Bonchev–Trinajstić information content (AvgIpc) is 2.82. The maximum Gasteiger partial charge on any atom is 0.235 e. The number of hydrogen-bond donors (Lipinski definition) is 2. The van der Waals surface area contributed by atoms with Crippen LogP contribution in [0.3, 0.4) is 0 Å². The van der Waals surface area contributed by atoms with Crippen molar-refractivity contribution in [3.05, 3.63) is 29.8 Å². The molecule has 2 fully saturated rings. The van der Waals surface area contributed by atoms with E-state index in [1.807, 2.05) is 29.2 Å². The molecular formula is C21H28N4O3. The molecule has 7 nitrogen and oxygen atoms in total. The SMILES string of the molecule is CC(=O)N1C[C@@H](N)CC[C@@H](C(=O)N2CCC3(CC2)C(=O)Nc2ccccc23)C1. The molecule has 7 heteroatoms. The quantitative estimate of drug-likeness (QED) is 0.757. The number of nitrogens with one attached hydrogen (secondary N) is 1. The summed E-state index contributed by atoms with van der Waals surface area (Å²) < 4.78 is 0. The van der Waals surface area contributed by atoms with Crippen LogP contribution in [-0.2, 0) is 19.8 Å². The average molecular weight is 384 g/mol. The summed E-state index contributed by atoms with van der Waals surface area (Å²) in [6, 6.07) is 7.76. The molecule has 0 aliphatic carbocycles. The molecule has 1 aromatic carbocycles. The number of likely N-dealkylation sites (tertiary alicyclic amines) is 2. The Morgan fingerprint density at radius 1 is 1.11 bits per heavy atom. The maximum atomic E-state index is 13.2. The number of amides is 3. The number of nitrogens with zero attached hydrogens (tertiary/aromatic N) is 2. The van der Waals surface area contributed by atoms with Crippen molar-refractivity contribution in [1.29, 1.82) is 0 Å². The van der Waals surface area contributed by atoms with Crippen LogP contribution < -0.4 is 11.1 Å². The molecule has 3 N–H and O–H groups in total. The fourth-order valence-electron chi connectivity index (χ4n) is 4.92. The summed E-state index contributed by atoms with van der Waals surface area (Å²) in [6.07, 6.45) is 2.71. The van der Waals surface area contributed by atoms with Crippen molar-refractivity contribution in [2.75, 3.05) is 31.5 Å². The van der Waals surface area contributed by atoms with E-state index in [9.17, 15) is 14.4 Å².